The van der Waals surface area contributed by atoms with E-state index in [-0.39, 0.29) is 0 Å². The summed E-state index contributed by atoms with van der Waals surface area (Å²) in [5.41, 5.74) is -0.819. The Hall–Kier alpha value is -2.88. The number of benzene rings is 1. The van der Waals surface area contributed by atoms with Gasteiger partial charge in [-0.2, -0.15) is 5.26 Å². The molecule has 7 nitrogen and oxygen atoms in total. The van der Waals surface area contributed by atoms with E-state index in [0.717, 1.165) is 19.1 Å². The quantitative estimate of drug-likeness (QED) is 0.765. The van der Waals surface area contributed by atoms with E-state index in [4.69, 9.17) is 0 Å². The summed E-state index contributed by atoms with van der Waals surface area (Å²) in [6.45, 7) is 1.45. The monoisotopic (exact) mass is 302 g/mol. The van der Waals surface area contributed by atoms with Crippen LogP contribution in [-0.2, 0) is 24.5 Å². The molecule has 0 fully saturated rings. The summed E-state index contributed by atoms with van der Waals surface area (Å²) in [5, 5.41) is 9.34. The number of esters is 1. The third-order valence-corrected chi connectivity index (χ3v) is 3.85. The second kappa shape index (κ2) is 5.48. The highest BCUT2D eigenvalue weighted by molar-refractivity contribution is 6.22. The first kappa shape index (κ1) is 15.5. The summed E-state index contributed by atoms with van der Waals surface area (Å²) < 4.78 is 9.24. The third kappa shape index (κ3) is 1.92. The number of amides is 2. The summed E-state index contributed by atoms with van der Waals surface area (Å²) in [6, 6.07) is 8.28. The average Bonchev–Trinajstić information content (AvgIpc) is 2.76. The fourth-order valence-corrected chi connectivity index (χ4v) is 2.65. The number of ether oxygens (including phenoxy) is 2. The maximum absolute atomic E-state index is 12.8. The van der Waals surface area contributed by atoms with Gasteiger partial charge >= 0.3 is 12.1 Å². The number of fused-ring (bicyclic) bond motifs is 1. The fraction of sp³-hybridized carbons (Fsp3) is 0.333. The number of anilines is 1. The minimum absolute atomic E-state index is 0.297. The van der Waals surface area contributed by atoms with Crippen molar-refractivity contribution >= 4 is 23.7 Å². The second-order valence-corrected chi connectivity index (χ2v) is 4.92. The van der Waals surface area contributed by atoms with Gasteiger partial charge in [0.1, 0.15) is 5.41 Å². The topological polar surface area (TPSA) is 96.7 Å². The molecular formula is C15H14N2O5. The van der Waals surface area contributed by atoms with Gasteiger partial charge in [-0.15, -0.1) is 0 Å². The molecule has 0 bridgehead atoms. The Morgan fingerprint density at radius 3 is 2.45 bits per heavy atom. The Morgan fingerprint density at radius 2 is 1.91 bits per heavy atom. The van der Waals surface area contributed by atoms with E-state index in [1.807, 2.05) is 6.07 Å². The van der Waals surface area contributed by atoms with Crippen molar-refractivity contribution in [2.45, 2.75) is 12.3 Å². The zero-order valence-corrected chi connectivity index (χ0v) is 12.3. The molecule has 1 aromatic carbocycles. The molecule has 1 heterocycles. The average molecular weight is 302 g/mol. The van der Waals surface area contributed by atoms with Gasteiger partial charge in [-0.1, -0.05) is 18.2 Å². The third-order valence-electron chi connectivity index (χ3n) is 3.85. The van der Waals surface area contributed by atoms with Gasteiger partial charge in [-0.05, 0) is 18.6 Å². The Kier molecular flexibility index (Phi) is 3.87. The lowest BCUT2D eigenvalue weighted by Gasteiger charge is -2.26. The molecule has 2 rings (SSSR count). The van der Waals surface area contributed by atoms with Gasteiger partial charge in [0.25, 0.3) is 0 Å². The SMILES string of the molecule is COC(=O)C(C#N)C1(C)C(=O)N(C(=O)OC)c2ccccc21. The maximum atomic E-state index is 12.8. The molecule has 114 valence electrons. The van der Waals surface area contributed by atoms with Crippen LogP contribution in [0.15, 0.2) is 24.3 Å². The molecule has 0 aromatic heterocycles. The summed E-state index contributed by atoms with van der Waals surface area (Å²) in [7, 11) is 2.29. The summed E-state index contributed by atoms with van der Waals surface area (Å²) >= 11 is 0. The summed E-state index contributed by atoms with van der Waals surface area (Å²) in [5.74, 6) is -2.90. The molecule has 22 heavy (non-hydrogen) atoms. The maximum Gasteiger partial charge on any atom is 0.420 e. The molecule has 0 saturated carbocycles. The largest absolute Gasteiger partial charge is 0.468 e. The van der Waals surface area contributed by atoms with Crippen LogP contribution < -0.4 is 4.90 Å². The normalized spacial score (nSPS) is 20.8. The van der Waals surface area contributed by atoms with E-state index in [1.165, 1.54) is 6.92 Å². The number of hydrogen-bond donors (Lipinski definition) is 0. The van der Waals surface area contributed by atoms with Crippen molar-refractivity contribution in [1.29, 1.82) is 5.26 Å². The molecule has 0 saturated heterocycles. The number of hydrogen-bond acceptors (Lipinski definition) is 6. The number of nitriles is 1. The van der Waals surface area contributed by atoms with E-state index in [9.17, 15) is 19.6 Å². The number of carbonyl (C=O) groups excluding carboxylic acids is 3. The van der Waals surface area contributed by atoms with Crippen molar-refractivity contribution < 1.29 is 23.9 Å². The zero-order chi connectivity index (χ0) is 16.5. The Morgan fingerprint density at radius 1 is 1.27 bits per heavy atom. The van der Waals surface area contributed by atoms with Crippen LogP contribution in [0.1, 0.15) is 12.5 Å². The molecule has 1 aromatic rings. The van der Waals surface area contributed by atoms with Crippen molar-refractivity contribution in [3.63, 3.8) is 0 Å². The van der Waals surface area contributed by atoms with Crippen LogP contribution >= 0.6 is 0 Å². The van der Waals surface area contributed by atoms with Crippen LogP contribution in [0.25, 0.3) is 0 Å². The Labute approximate surface area is 127 Å². The first-order valence-electron chi connectivity index (χ1n) is 6.42. The lowest BCUT2D eigenvalue weighted by Crippen LogP contribution is -2.47. The molecule has 7 heteroatoms. The molecule has 2 unspecified atom stereocenters. The van der Waals surface area contributed by atoms with Gasteiger partial charge in [0.2, 0.25) is 5.91 Å². The van der Waals surface area contributed by atoms with Gasteiger partial charge in [0.15, 0.2) is 5.92 Å². The van der Waals surface area contributed by atoms with Gasteiger partial charge < -0.3 is 9.47 Å². The van der Waals surface area contributed by atoms with Gasteiger partial charge in [-0.25, -0.2) is 9.69 Å². The Balaban J connectivity index is 2.68. The first-order valence-corrected chi connectivity index (χ1v) is 6.42. The van der Waals surface area contributed by atoms with Crippen LogP contribution in [-0.4, -0.2) is 32.2 Å². The molecule has 1 aliphatic rings. The van der Waals surface area contributed by atoms with Crippen LogP contribution in [0.2, 0.25) is 0 Å². The van der Waals surface area contributed by atoms with Crippen LogP contribution in [0.4, 0.5) is 10.5 Å². The van der Waals surface area contributed by atoms with Crippen molar-refractivity contribution in [3.05, 3.63) is 29.8 Å². The van der Waals surface area contributed by atoms with E-state index in [0.29, 0.717) is 11.3 Å². The number of nitrogens with zero attached hydrogens (tertiary/aromatic N) is 2. The minimum Gasteiger partial charge on any atom is -0.468 e. The van der Waals surface area contributed by atoms with E-state index in [2.05, 4.69) is 9.47 Å². The number of para-hydroxylation sites is 1. The highest BCUT2D eigenvalue weighted by Gasteiger charge is 2.57. The molecular weight excluding hydrogens is 288 g/mol. The zero-order valence-electron chi connectivity index (χ0n) is 12.3. The predicted molar refractivity (Wildman–Crippen MR) is 74.8 cm³/mol. The number of rotatable bonds is 2. The standard InChI is InChI=1S/C15H14N2O5/c1-15(10(8-16)12(18)21-2)9-6-4-5-7-11(9)17(13(15)19)14(20)22-3/h4-7,10H,1-3H3. The van der Waals surface area contributed by atoms with E-state index >= 15 is 0 Å². The number of imide groups is 1. The molecule has 0 spiro atoms. The lowest BCUT2D eigenvalue weighted by molar-refractivity contribution is -0.147. The molecule has 0 radical (unpaired) electrons. The van der Waals surface area contributed by atoms with Crippen molar-refractivity contribution in [2.75, 3.05) is 19.1 Å². The molecule has 1 aliphatic heterocycles. The van der Waals surface area contributed by atoms with Crippen molar-refractivity contribution in [2.24, 2.45) is 5.92 Å². The first-order chi connectivity index (χ1) is 10.4. The number of methoxy groups -OCH3 is 2. The number of carbonyl (C=O) groups is 3. The minimum atomic E-state index is -1.52. The van der Waals surface area contributed by atoms with Crippen LogP contribution in [0.5, 0.6) is 0 Å². The highest BCUT2D eigenvalue weighted by atomic mass is 16.5. The van der Waals surface area contributed by atoms with Crippen molar-refractivity contribution in [1.82, 2.24) is 0 Å². The Bertz CT molecular complexity index is 693. The van der Waals surface area contributed by atoms with E-state index < -0.39 is 29.3 Å². The predicted octanol–water partition coefficient (Wildman–Crippen LogP) is 1.37. The lowest BCUT2D eigenvalue weighted by atomic mass is 9.73. The molecule has 2 atom stereocenters. The van der Waals surface area contributed by atoms with Gasteiger partial charge in [0.05, 0.1) is 26.0 Å². The summed E-state index contributed by atoms with van der Waals surface area (Å²) in [6.07, 6.45) is -0.872. The highest BCUT2D eigenvalue weighted by Crippen LogP contribution is 2.46. The molecule has 0 aliphatic carbocycles. The second-order valence-electron chi connectivity index (χ2n) is 4.92. The van der Waals surface area contributed by atoms with Crippen molar-refractivity contribution in [3.8, 4) is 6.07 Å². The summed E-state index contributed by atoms with van der Waals surface area (Å²) in [4.78, 5) is 37.4. The van der Waals surface area contributed by atoms with Crippen LogP contribution in [0.3, 0.4) is 0 Å². The van der Waals surface area contributed by atoms with E-state index in [1.54, 1.807) is 24.3 Å². The smallest absolute Gasteiger partial charge is 0.420 e. The molecule has 0 N–H and O–H groups in total. The van der Waals surface area contributed by atoms with Crippen LogP contribution in [0, 0.1) is 17.2 Å². The van der Waals surface area contributed by atoms with Gasteiger partial charge in [0, 0.05) is 0 Å². The fourth-order valence-electron chi connectivity index (χ4n) is 2.65. The van der Waals surface area contributed by atoms with Gasteiger partial charge in [-0.3, -0.25) is 9.59 Å². The molecule has 2 amide bonds.